The second-order valence-corrected chi connectivity index (χ2v) is 4.76. The Bertz CT molecular complexity index is 426. The van der Waals surface area contributed by atoms with Crippen LogP contribution in [0.25, 0.3) is 0 Å². The van der Waals surface area contributed by atoms with Gasteiger partial charge in [-0.15, -0.1) is 0 Å². The van der Waals surface area contributed by atoms with Crippen molar-refractivity contribution in [3.63, 3.8) is 0 Å². The van der Waals surface area contributed by atoms with Crippen molar-refractivity contribution in [2.45, 2.75) is 13.3 Å². The molecule has 2 N–H and O–H groups in total. The SMILES string of the molecule is CCOC(=O)CCS(=O)(=O)Nc1ncc[nH]1. The van der Waals surface area contributed by atoms with Crippen LogP contribution in [0.4, 0.5) is 5.95 Å². The second kappa shape index (κ2) is 5.50. The highest BCUT2D eigenvalue weighted by atomic mass is 32.2. The third-order valence-electron chi connectivity index (χ3n) is 1.63. The Morgan fingerprint density at radius 1 is 1.62 bits per heavy atom. The van der Waals surface area contributed by atoms with Crippen LogP contribution in [0.5, 0.6) is 0 Å². The molecular weight excluding hydrogens is 234 g/mol. The zero-order valence-electron chi connectivity index (χ0n) is 8.76. The molecule has 0 aromatic carbocycles. The highest BCUT2D eigenvalue weighted by Crippen LogP contribution is 2.02. The molecule has 1 aromatic heterocycles. The summed E-state index contributed by atoms with van der Waals surface area (Å²) in [5.74, 6) is -0.733. The lowest BCUT2D eigenvalue weighted by Crippen LogP contribution is -2.20. The molecule has 1 aromatic rings. The number of ether oxygens (including phenoxy) is 1. The minimum atomic E-state index is -3.56. The van der Waals surface area contributed by atoms with Crippen LogP contribution < -0.4 is 4.72 Å². The number of aromatic nitrogens is 2. The van der Waals surface area contributed by atoms with E-state index in [4.69, 9.17) is 0 Å². The van der Waals surface area contributed by atoms with E-state index in [-0.39, 0.29) is 24.7 Å². The number of esters is 1. The molecule has 0 atom stereocenters. The van der Waals surface area contributed by atoms with Crippen molar-refractivity contribution in [2.24, 2.45) is 0 Å². The van der Waals surface area contributed by atoms with Gasteiger partial charge in [-0.2, -0.15) is 0 Å². The van der Waals surface area contributed by atoms with Gasteiger partial charge in [-0.05, 0) is 6.92 Å². The highest BCUT2D eigenvalue weighted by molar-refractivity contribution is 7.92. The van der Waals surface area contributed by atoms with E-state index >= 15 is 0 Å². The molecule has 0 spiro atoms. The monoisotopic (exact) mass is 247 g/mol. The quantitative estimate of drug-likeness (QED) is 0.694. The topological polar surface area (TPSA) is 101 Å². The number of carbonyl (C=O) groups is 1. The summed E-state index contributed by atoms with van der Waals surface area (Å²) in [6, 6.07) is 0. The lowest BCUT2D eigenvalue weighted by atomic mass is 10.5. The minimum Gasteiger partial charge on any atom is -0.466 e. The third-order valence-corrected chi connectivity index (χ3v) is 2.88. The molecule has 0 bridgehead atoms. The molecule has 0 saturated carbocycles. The first kappa shape index (κ1) is 12.5. The fraction of sp³-hybridized carbons (Fsp3) is 0.500. The molecule has 0 saturated heterocycles. The minimum absolute atomic E-state index is 0.129. The zero-order valence-corrected chi connectivity index (χ0v) is 9.58. The summed E-state index contributed by atoms with van der Waals surface area (Å²) in [6.07, 6.45) is 2.73. The van der Waals surface area contributed by atoms with Gasteiger partial charge in [0.15, 0.2) is 0 Å². The van der Waals surface area contributed by atoms with E-state index in [9.17, 15) is 13.2 Å². The number of H-pyrrole nitrogens is 1. The first-order valence-electron chi connectivity index (χ1n) is 4.69. The average Bonchev–Trinajstić information content (AvgIpc) is 2.67. The molecule has 7 nitrogen and oxygen atoms in total. The van der Waals surface area contributed by atoms with E-state index < -0.39 is 16.0 Å². The van der Waals surface area contributed by atoms with Gasteiger partial charge in [0.05, 0.1) is 18.8 Å². The lowest BCUT2D eigenvalue weighted by molar-refractivity contribution is -0.142. The van der Waals surface area contributed by atoms with Crippen LogP contribution in [0.1, 0.15) is 13.3 Å². The largest absolute Gasteiger partial charge is 0.466 e. The first-order valence-corrected chi connectivity index (χ1v) is 6.34. The lowest BCUT2D eigenvalue weighted by Gasteiger charge is -2.04. The number of nitrogens with zero attached hydrogens (tertiary/aromatic N) is 1. The molecule has 90 valence electrons. The number of rotatable bonds is 6. The van der Waals surface area contributed by atoms with Crippen molar-refractivity contribution in [2.75, 3.05) is 17.1 Å². The van der Waals surface area contributed by atoms with Crippen molar-refractivity contribution < 1.29 is 17.9 Å². The Balaban J connectivity index is 2.43. The Labute approximate surface area is 93.3 Å². The van der Waals surface area contributed by atoms with Crippen molar-refractivity contribution in [1.29, 1.82) is 0 Å². The number of sulfonamides is 1. The second-order valence-electron chi connectivity index (χ2n) is 2.91. The van der Waals surface area contributed by atoms with E-state index in [2.05, 4.69) is 19.4 Å². The van der Waals surface area contributed by atoms with Crippen molar-refractivity contribution >= 4 is 21.9 Å². The molecule has 0 aliphatic heterocycles. The van der Waals surface area contributed by atoms with Gasteiger partial charge in [0.1, 0.15) is 0 Å². The van der Waals surface area contributed by atoms with Gasteiger partial charge in [-0.3, -0.25) is 9.52 Å². The van der Waals surface area contributed by atoms with E-state index in [1.54, 1.807) is 6.92 Å². The van der Waals surface area contributed by atoms with E-state index in [0.717, 1.165) is 0 Å². The van der Waals surface area contributed by atoms with E-state index in [1.165, 1.54) is 12.4 Å². The smallest absolute Gasteiger partial charge is 0.306 e. The zero-order chi connectivity index (χ0) is 12.0. The van der Waals surface area contributed by atoms with Crippen LogP contribution in [0.2, 0.25) is 0 Å². The van der Waals surface area contributed by atoms with Crippen LogP contribution in [0.3, 0.4) is 0 Å². The summed E-state index contributed by atoms with van der Waals surface area (Å²) in [5.41, 5.74) is 0. The summed E-state index contributed by atoms with van der Waals surface area (Å²) in [7, 11) is -3.56. The molecule has 0 aliphatic carbocycles. The number of hydrogen-bond donors (Lipinski definition) is 2. The number of imidazole rings is 1. The summed E-state index contributed by atoms with van der Waals surface area (Å²) < 4.78 is 29.7. The van der Waals surface area contributed by atoms with Crippen LogP contribution in [0, 0.1) is 0 Å². The molecule has 0 radical (unpaired) electrons. The molecule has 0 aliphatic rings. The fourth-order valence-corrected chi connectivity index (χ4v) is 1.91. The van der Waals surface area contributed by atoms with Crippen LogP contribution in [0.15, 0.2) is 12.4 Å². The summed E-state index contributed by atoms with van der Waals surface area (Å²) in [4.78, 5) is 17.2. The van der Waals surface area contributed by atoms with E-state index in [0.29, 0.717) is 0 Å². The number of nitrogens with one attached hydrogen (secondary N) is 2. The summed E-state index contributed by atoms with van der Waals surface area (Å²) in [5, 5.41) is 0. The summed E-state index contributed by atoms with van der Waals surface area (Å²) in [6.45, 7) is 1.90. The van der Waals surface area contributed by atoms with Gasteiger partial charge < -0.3 is 9.72 Å². The molecule has 8 heteroatoms. The van der Waals surface area contributed by atoms with Crippen LogP contribution in [-0.4, -0.2) is 36.7 Å². The van der Waals surface area contributed by atoms with Gasteiger partial charge in [0.2, 0.25) is 16.0 Å². The maximum Gasteiger partial charge on any atom is 0.306 e. The van der Waals surface area contributed by atoms with Gasteiger partial charge in [-0.25, -0.2) is 13.4 Å². The normalized spacial score (nSPS) is 11.1. The molecule has 16 heavy (non-hydrogen) atoms. The predicted octanol–water partition coefficient (Wildman–Crippen LogP) is 0.105. The standard InChI is InChI=1S/C8H13N3O4S/c1-2-15-7(12)3-6-16(13,14)11-8-9-4-5-10-8/h4-5H,2-3,6H2,1H3,(H2,9,10,11). The van der Waals surface area contributed by atoms with Crippen LogP contribution in [-0.2, 0) is 19.6 Å². The number of hydrogen-bond acceptors (Lipinski definition) is 5. The van der Waals surface area contributed by atoms with Gasteiger partial charge in [0, 0.05) is 12.4 Å². The summed E-state index contributed by atoms with van der Waals surface area (Å²) >= 11 is 0. The van der Waals surface area contributed by atoms with Gasteiger partial charge in [0.25, 0.3) is 0 Å². The number of anilines is 1. The Morgan fingerprint density at radius 3 is 2.94 bits per heavy atom. The maximum atomic E-state index is 11.4. The molecule has 1 rings (SSSR count). The maximum absolute atomic E-state index is 11.4. The van der Waals surface area contributed by atoms with Crippen molar-refractivity contribution in [3.8, 4) is 0 Å². The van der Waals surface area contributed by atoms with Crippen molar-refractivity contribution in [1.82, 2.24) is 9.97 Å². The first-order chi connectivity index (χ1) is 7.53. The van der Waals surface area contributed by atoms with Crippen molar-refractivity contribution in [3.05, 3.63) is 12.4 Å². The van der Waals surface area contributed by atoms with Crippen LogP contribution >= 0.6 is 0 Å². The molecule has 1 heterocycles. The Kier molecular flexibility index (Phi) is 4.29. The number of aromatic amines is 1. The fourth-order valence-electron chi connectivity index (χ4n) is 0.970. The predicted molar refractivity (Wildman–Crippen MR) is 57.2 cm³/mol. The molecule has 0 fully saturated rings. The Hall–Kier alpha value is -1.57. The molecular formula is C8H13N3O4S. The number of carbonyl (C=O) groups excluding carboxylic acids is 1. The van der Waals surface area contributed by atoms with Gasteiger partial charge >= 0.3 is 5.97 Å². The Morgan fingerprint density at radius 2 is 2.38 bits per heavy atom. The molecule has 0 unspecified atom stereocenters. The highest BCUT2D eigenvalue weighted by Gasteiger charge is 2.14. The average molecular weight is 247 g/mol. The molecule has 0 amide bonds. The van der Waals surface area contributed by atoms with Gasteiger partial charge in [-0.1, -0.05) is 0 Å². The third kappa shape index (κ3) is 4.30. The van der Waals surface area contributed by atoms with E-state index in [1.807, 2.05) is 0 Å².